The van der Waals surface area contributed by atoms with Crippen molar-refractivity contribution in [2.24, 2.45) is 5.10 Å². The van der Waals surface area contributed by atoms with E-state index in [4.69, 9.17) is 4.74 Å². The second-order valence-electron chi connectivity index (χ2n) is 7.00. The Balaban J connectivity index is 1.45. The lowest BCUT2D eigenvalue weighted by molar-refractivity contribution is -0.137. The Kier molecular flexibility index (Phi) is 8.17. The molecule has 180 valence electrons. The first-order valence-corrected chi connectivity index (χ1v) is 10.1. The number of hydrazone groups is 1. The van der Waals surface area contributed by atoms with Crippen LogP contribution in [-0.2, 0) is 20.6 Å². The molecule has 0 radical (unpaired) electrons. The number of alkyl halides is 3. The number of carbonyl (C=O) groups excluding carboxylic acids is 3. The Bertz CT molecular complexity index is 1210. The second-order valence-corrected chi connectivity index (χ2v) is 7.00. The van der Waals surface area contributed by atoms with Crippen molar-refractivity contribution in [3.8, 4) is 5.75 Å². The molecule has 0 heterocycles. The minimum absolute atomic E-state index is 0.183. The van der Waals surface area contributed by atoms with Crippen LogP contribution in [0.3, 0.4) is 0 Å². The summed E-state index contributed by atoms with van der Waals surface area (Å²) in [6.07, 6.45) is -3.33. The van der Waals surface area contributed by atoms with Crippen LogP contribution in [0.1, 0.15) is 11.1 Å². The predicted octanol–water partition coefficient (Wildman–Crippen LogP) is 3.81. The van der Waals surface area contributed by atoms with Crippen molar-refractivity contribution in [3.05, 3.63) is 90.0 Å². The summed E-state index contributed by atoms with van der Waals surface area (Å²) in [6, 6.07) is 19.2. The summed E-state index contributed by atoms with van der Waals surface area (Å²) in [6.45, 7) is -0.195. The molecule has 0 aliphatic carbocycles. The van der Waals surface area contributed by atoms with E-state index in [9.17, 15) is 27.6 Å². The molecule has 0 bridgehead atoms. The molecular formula is C24H19F3N4O4. The first-order chi connectivity index (χ1) is 16.7. The van der Waals surface area contributed by atoms with E-state index in [1.54, 1.807) is 48.5 Å². The van der Waals surface area contributed by atoms with Crippen LogP contribution in [0, 0.1) is 0 Å². The quantitative estimate of drug-likeness (QED) is 0.269. The molecule has 0 aromatic heterocycles. The van der Waals surface area contributed by atoms with Crippen molar-refractivity contribution >= 4 is 35.3 Å². The highest BCUT2D eigenvalue weighted by Crippen LogP contribution is 2.30. The second kappa shape index (κ2) is 11.5. The Hall–Kier alpha value is -4.67. The fourth-order valence-electron chi connectivity index (χ4n) is 2.69. The molecule has 0 atom stereocenters. The van der Waals surface area contributed by atoms with Gasteiger partial charge in [0.05, 0.1) is 11.8 Å². The lowest BCUT2D eigenvalue weighted by atomic mass is 10.2. The van der Waals surface area contributed by atoms with E-state index >= 15 is 0 Å². The van der Waals surface area contributed by atoms with E-state index < -0.39 is 23.6 Å². The number of hydrogen-bond acceptors (Lipinski definition) is 5. The van der Waals surface area contributed by atoms with Crippen molar-refractivity contribution in [1.82, 2.24) is 5.43 Å². The van der Waals surface area contributed by atoms with Gasteiger partial charge in [-0.3, -0.25) is 14.4 Å². The van der Waals surface area contributed by atoms with Gasteiger partial charge < -0.3 is 15.4 Å². The molecule has 0 saturated heterocycles. The smallest absolute Gasteiger partial charge is 0.416 e. The number of halogens is 3. The zero-order valence-corrected chi connectivity index (χ0v) is 18.0. The van der Waals surface area contributed by atoms with Crippen LogP contribution in [0.5, 0.6) is 5.75 Å². The first-order valence-electron chi connectivity index (χ1n) is 10.1. The van der Waals surface area contributed by atoms with Gasteiger partial charge in [0.1, 0.15) is 5.75 Å². The van der Waals surface area contributed by atoms with Crippen molar-refractivity contribution in [2.45, 2.75) is 6.18 Å². The highest BCUT2D eigenvalue weighted by atomic mass is 19.4. The molecule has 3 aromatic carbocycles. The molecule has 0 aliphatic heterocycles. The fraction of sp³-hybridized carbons (Fsp3) is 0.0833. The topological polar surface area (TPSA) is 109 Å². The Morgan fingerprint density at radius 1 is 0.829 bits per heavy atom. The molecule has 0 aliphatic rings. The highest BCUT2D eigenvalue weighted by Gasteiger charge is 2.30. The molecule has 3 N–H and O–H groups in total. The molecule has 8 nitrogen and oxygen atoms in total. The van der Waals surface area contributed by atoms with Crippen molar-refractivity contribution in [3.63, 3.8) is 0 Å². The number of benzene rings is 3. The van der Waals surface area contributed by atoms with Gasteiger partial charge in [-0.05, 0) is 60.2 Å². The maximum atomic E-state index is 12.7. The number of ether oxygens (including phenoxy) is 1. The monoisotopic (exact) mass is 484 g/mol. The molecule has 3 amide bonds. The maximum absolute atomic E-state index is 12.7. The van der Waals surface area contributed by atoms with Crippen LogP contribution in [0.15, 0.2) is 84.0 Å². The van der Waals surface area contributed by atoms with Gasteiger partial charge in [0.15, 0.2) is 6.61 Å². The van der Waals surface area contributed by atoms with Crippen LogP contribution in [0.25, 0.3) is 0 Å². The number of nitrogens with zero attached hydrogens (tertiary/aromatic N) is 1. The summed E-state index contributed by atoms with van der Waals surface area (Å²) < 4.78 is 43.6. The Morgan fingerprint density at radius 3 is 2.20 bits per heavy atom. The highest BCUT2D eigenvalue weighted by molar-refractivity contribution is 6.39. The van der Waals surface area contributed by atoms with Gasteiger partial charge in [0.25, 0.3) is 5.91 Å². The summed E-state index contributed by atoms with van der Waals surface area (Å²) >= 11 is 0. The molecule has 35 heavy (non-hydrogen) atoms. The molecule has 0 spiro atoms. The van der Waals surface area contributed by atoms with Gasteiger partial charge in [-0.2, -0.15) is 18.3 Å². The minimum atomic E-state index is -4.58. The average Bonchev–Trinajstić information content (AvgIpc) is 2.84. The molecule has 3 aromatic rings. The van der Waals surface area contributed by atoms with E-state index in [2.05, 4.69) is 15.7 Å². The zero-order valence-electron chi connectivity index (χ0n) is 18.0. The standard InChI is InChI=1S/C24H19F3N4O4/c25-24(26,27)17-5-4-8-19(13-17)30-22(33)23(34)31-28-14-16-9-11-20(12-10-16)35-15-21(32)29-18-6-2-1-3-7-18/h1-14H,15H2,(H,29,32)(H,30,33)(H,31,34). The number of para-hydroxylation sites is 1. The largest absolute Gasteiger partial charge is 0.484 e. The van der Waals surface area contributed by atoms with Gasteiger partial charge in [-0.25, -0.2) is 5.43 Å². The van der Waals surface area contributed by atoms with Crippen molar-refractivity contribution in [2.75, 3.05) is 17.2 Å². The van der Waals surface area contributed by atoms with Crippen LogP contribution in [0.2, 0.25) is 0 Å². The number of anilines is 2. The average molecular weight is 484 g/mol. The molecule has 0 unspecified atom stereocenters. The molecule has 0 fully saturated rings. The number of nitrogens with one attached hydrogen (secondary N) is 3. The van der Waals surface area contributed by atoms with E-state index in [0.29, 0.717) is 23.1 Å². The summed E-state index contributed by atoms with van der Waals surface area (Å²) in [5.41, 5.74) is 2.04. The lowest BCUT2D eigenvalue weighted by Crippen LogP contribution is -2.32. The van der Waals surface area contributed by atoms with Gasteiger partial charge >= 0.3 is 18.0 Å². The maximum Gasteiger partial charge on any atom is 0.416 e. The molecule has 0 saturated carbocycles. The number of hydrogen-bond donors (Lipinski definition) is 3. The predicted molar refractivity (Wildman–Crippen MR) is 123 cm³/mol. The lowest BCUT2D eigenvalue weighted by Gasteiger charge is -2.09. The molecule has 3 rings (SSSR count). The van der Waals surface area contributed by atoms with E-state index in [0.717, 1.165) is 12.1 Å². The van der Waals surface area contributed by atoms with Gasteiger partial charge in [0.2, 0.25) is 0 Å². The minimum Gasteiger partial charge on any atom is -0.484 e. The Labute approximate surface area is 197 Å². The number of amides is 3. The van der Waals surface area contributed by atoms with Crippen LogP contribution < -0.4 is 20.8 Å². The van der Waals surface area contributed by atoms with Crippen LogP contribution in [0.4, 0.5) is 24.5 Å². The zero-order chi connectivity index (χ0) is 25.3. The van der Waals surface area contributed by atoms with Gasteiger partial charge in [0, 0.05) is 11.4 Å². The van der Waals surface area contributed by atoms with Crippen LogP contribution in [-0.4, -0.2) is 30.5 Å². The third kappa shape index (κ3) is 8.00. The summed E-state index contributed by atoms with van der Waals surface area (Å²) in [4.78, 5) is 35.6. The normalized spacial score (nSPS) is 11.1. The summed E-state index contributed by atoms with van der Waals surface area (Å²) in [5, 5.41) is 8.40. The molecular weight excluding hydrogens is 465 g/mol. The number of carbonyl (C=O) groups is 3. The van der Waals surface area contributed by atoms with Gasteiger partial charge in [-0.1, -0.05) is 24.3 Å². The van der Waals surface area contributed by atoms with E-state index in [-0.39, 0.29) is 18.2 Å². The Morgan fingerprint density at radius 2 is 1.51 bits per heavy atom. The SMILES string of the molecule is O=C(COc1ccc(C=NNC(=O)C(=O)Nc2cccc(C(F)(F)F)c2)cc1)Nc1ccccc1. The number of rotatable bonds is 7. The fourth-order valence-corrected chi connectivity index (χ4v) is 2.69. The summed E-state index contributed by atoms with van der Waals surface area (Å²) in [5.74, 6) is -2.25. The van der Waals surface area contributed by atoms with E-state index in [1.807, 2.05) is 11.5 Å². The van der Waals surface area contributed by atoms with Crippen molar-refractivity contribution in [1.29, 1.82) is 0 Å². The van der Waals surface area contributed by atoms with Crippen molar-refractivity contribution < 1.29 is 32.3 Å². The van der Waals surface area contributed by atoms with Gasteiger partial charge in [-0.15, -0.1) is 0 Å². The third-order valence-corrected chi connectivity index (χ3v) is 4.34. The molecule has 11 heteroatoms. The van der Waals surface area contributed by atoms with E-state index in [1.165, 1.54) is 12.3 Å². The third-order valence-electron chi connectivity index (χ3n) is 4.34. The summed E-state index contributed by atoms with van der Waals surface area (Å²) in [7, 11) is 0. The van der Waals surface area contributed by atoms with Crippen LogP contribution >= 0.6 is 0 Å². The first kappa shape index (κ1) is 25.0.